The summed E-state index contributed by atoms with van der Waals surface area (Å²) in [5.74, 6) is 1.28. The van der Waals surface area contributed by atoms with E-state index < -0.39 is 0 Å². The molecule has 1 aliphatic heterocycles. The minimum atomic E-state index is -0.358. The summed E-state index contributed by atoms with van der Waals surface area (Å²) in [6.07, 6.45) is -0.349. The Morgan fingerprint density at radius 3 is 2.43 bits per heavy atom. The maximum atomic E-state index is 11.8. The van der Waals surface area contributed by atoms with Crippen molar-refractivity contribution in [3.63, 3.8) is 0 Å². The highest BCUT2D eigenvalue weighted by molar-refractivity contribution is 5.89. The van der Waals surface area contributed by atoms with E-state index in [0.29, 0.717) is 12.1 Å². The number of benzene rings is 3. The minimum Gasteiger partial charge on any atom is -0.495 e. The Labute approximate surface area is 164 Å². The molecule has 0 N–H and O–H groups in total. The van der Waals surface area contributed by atoms with Gasteiger partial charge in [-0.1, -0.05) is 42.5 Å². The number of methoxy groups -OCH3 is 2. The van der Waals surface area contributed by atoms with E-state index in [9.17, 15) is 4.79 Å². The van der Waals surface area contributed by atoms with Crippen molar-refractivity contribution in [2.75, 3.05) is 19.1 Å². The molecule has 0 fully saturated rings. The Bertz CT molecular complexity index is 984. The second-order valence-electron chi connectivity index (χ2n) is 6.49. The smallest absolute Gasteiger partial charge is 0.337 e. The van der Waals surface area contributed by atoms with Crippen LogP contribution in [0.1, 0.15) is 27.7 Å². The van der Waals surface area contributed by atoms with Crippen molar-refractivity contribution in [3.05, 3.63) is 89.5 Å². The zero-order chi connectivity index (χ0) is 19.5. The number of hydrogen-bond acceptors (Lipinski definition) is 5. The van der Waals surface area contributed by atoms with Crippen LogP contribution in [0, 0.1) is 0 Å². The Morgan fingerprint density at radius 2 is 1.68 bits per heavy atom. The summed E-state index contributed by atoms with van der Waals surface area (Å²) >= 11 is 0. The van der Waals surface area contributed by atoms with E-state index in [1.54, 1.807) is 19.2 Å². The molecule has 1 atom stereocenters. The van der Waals surface area contributed by atoms with Crippen molar-refractivity contribution >= 4 is 11.7 Å². The summed E-state index contributed by atoms with van der Waals surface area (Å²) in [5, 5.41) is 0. The molecule has 0 aromatic heterocycles. The van der Waals surface area contributed by atoms with Crippen molar-refractivity contribution in [3.8, 4) is 11.5 Å². The third-order valence-corrected chi connectivity index (χ3v) is 4.85. The summed E-state index contributed by atoms with van der Waals surface area (Å²) in [6.45, 7) is 0.681. The summed E-state index contributed by atoms with van der Waals surface area (Å²) in [6, 6.07) is 23.2. The average Bonchev–Trinajstić information content (AvgIpc) is 2.77. The van der Waals surface area contributed by atoms with Gasteiger partial charge < -0.3 is 19.1 Å². The lowest BCUT2D eigenvalue weighted by Crippen LogP contribution is -2.36. The second-order valence-corrected chi connectivity index (χ2v) is 6.49. The molecule has 4 rings (SSSR count). The molecular weight excluding hydrogens is 354 g/mol. The van der Waals surface area contributed by atoms with E-state index in [0.717, 1.165) is 28.3 Å². The van der Waals surface area contributed by atoms with Crippen molar-refractivity contribution in [2.24, 2.45) is 0 Å². The van der Waals surface area contributed by atoms with Gasteiger partial charge in [-0.3, -0.25) is 0 Å². The molecule has 0 spiro atoms. The van der Waals surface area contributed by atoms with Gasteiger partial charge in [-0.25, -0.2) is 4.79 Å². The lowest BCUT2D eigenvalue weighted by molar-refractivity contribution is 0.0600. The van der Waals surface area contributed by atoms with Crippen LogP contribution in [-0.2, 0) is 11.3 Å². The number of para-hydroxylation sites is 3. The third kappa shape index (κ3) is 3.27. The zero-order valence-electron chi connectivity index (χ0n) is 15.8. The number of fused-ring (bicyclic) bond motifs is 1. The quantitative estimate of drug-likeness (QED) is 0.625. The van der Waals surface area contributed by atoms with Gasteiger partial charge in [0.15, 0.2) is 6.23 Å². The molecule has 5 nitrogen and oxygen atoms in total. The molecular formula is C23H21NO4. The topological polar surface area (TPSA) is 48.0 Å². The molecule has 0 bridgehead atoms. The molecule has 1 unspecified atom stereocenters. The van der Waals surface area contributed by atoms with Crippen LogP contribution in [0.2, 0.25) is 0 Å². The Hall–Kier alpha value is -3.47. The first-order chi connectivity index (χ1) is 13.7. The number of hydrogen-bond donors (Lipinski definition) is 0. The minimum absolute atomic E-state index is 0.349. The van der Waals surface area contributed by atoms with Gasteiger partial charge in [0.2, 0.25) is 0 Å². The van der Waals surface area contributed by atoms with E-state index in [-0.39, 0.29) is 12.2 Å². The number of anilines is 1. The van der Waals surface area contributed by atoms with E-state index in [4.69, 9.17) is 14.2 Å². The van der Waals surface area contributed by atoms with E-state index in [1.807, 2.05) is 54.6 Å². The van der Waals surface area contributed by atoms with Crippen LogP contribution in [0.4, 0.5) is 5.69 Å². The lowest BCUT2D eigenvalue weighted by Gasteiger charge is -2.39. The number of rotatable bonds is 4. The van der Waals surface area contributed by atoms with Crippen LogP contribution in [0.25, 0.3) is 0 Å². The lowest BCUT2D eigenvalue weighted by atomic mass is 10.1. The predicted octanol–water partition coefficient (Wildman–Crippen LogP) is 4.58. The number of ether oxygens (including phenoxy) is 3. The van der Waals surface area contributed by atoms with Gasteiger partial charge in [0.1, 0.15) is 11.5 Å². The van der Waals surface area contributed by atoms with Crippen molar-refractivity contribution in [1.82, 2.24) is 0 Å². The predicted molar refractivity (Wildman–Crippen MR) is 107 cm³/mol. The molecule has 0 amide bonds. The van der Waals surface area contributed by atoms with Crippen molar-refractivity contribution < 1.29 is 19.0 Å². The van der Waals surface area contributed by atoms with Gasteiger partial charge in [0.25, 0.3) is 0 Å². The molecule has 0 aliphatic carbocycles. The molecule has 0 saturated carbocycles. The van der Waals surface area contributed by atoms with Crippen LogP contribution < -0.4 is 14.4 Å². The van der Waals surface area contributed by atoms with Crippen LogP contribution in [-0.4, -0.2) is 20.2 Å². The molecule has 5 heteroatoms. The number of carbonyl (C=O) groups is 1. The SMILES string of the molecule is COC(=O)c1ccc(C2Oc3ccccc3CN2c2ccccc2OC)cc1. The molecule has 28 heavy (non-hydrogen) atoms. The highest BCUT2D eigenvalue weighted by Crippen LogP contribution is 2.41. The summed E-state index contributed by atoms with van der Waals surface area (Å²) in [5.41, 5.74) is 3.50. The van der Waals surface area contributed by atoms with Gasteiger partial charge in [0.05, 0.1) is 32.0 Å². The van der Waals surface area contributed by atoms with Crippen LogP contribution in [0.5, 0.6) is 11.5 Å². The van der Waals surface area contributed by atoms with E-state index in [2.05, 4.69) is 11.0 Å². The Morgan fingerprint density at radius 1 is 0.964 bits per heavy atom. The normalized spacial score (nSPS) is 15.4. The van der Waals surface area contributed by atoms with Gasteiger partial charge in [-0.05, 0) is 30.3 Å². The highest BCUT2D eigenvalue weighted by Gasteiger charge is 2.30. The van der Waals surface area contributed by atoms with Gasteiger partial charge >= 0.3 is 5.97 Å². The maximum absolute atomic E-state index is 11.8. The first-order valence-corrected chi connectivity index (χ1v) is 9.04. The molecule has 3 aromatic carbocycles. The molecule has 0 radical (unpaired) electrons. The number of carbonyl (C=O) groups excluding carboxylic acids is 1. The molecule has 3 aromatic rings. The van der Waals surface area contributed by atoms with Crippen LogP contribution in [0.3, 0.4) is 0 Å². The number of esters is 1. The Kier molecular flexibility index (Phi) is 4.89. The molecule has 1 heterocycles. The molecule has 142 valence electrons. The third-order valence-electron chi connectivity index (χ3n) is 4.85. The number of nitrogens with zero attached hydrogens (tertiary/aromatic N) is 1. The van der Waals surface area contributed by atoms with Crippen LogP contribution in [0.15, 0.2) is 72.8 Å². The fourth-order valence-corrected chi connectivity index (χ4v) is 3.43. The largest absolute Gasteiger partial charge is 0.495 e. The summed E-state index contributed by atoms with van der Waals surface area (Å²) < 4.78 is 16.7. The highest BCUT2D eigenvalue weighted by atomic mass is 16.5. The van der Waals surface area contributed by atoms with Crippen LogP contribution >= 0.6 is 0 Å². The zero-order valence-corrected chi connectivity index (χ0v) is 15.8. The second kappa shape index (κ2) is 7.64. The van der Waals surface area contributed by atoms with Crippen molar-refractivity contribution in [1.29, 1.82) is 0 Å². The van der Waals surface area contributed by atoms with Gasteiger partial charge in [-0.15, -0.1) is 0 Å². The Balaban J connectivity index is 1.77. The van der Waals surface area contributed by atoms with E-state index >= 15 is 0 Å². The average molecular weight is 375 g/mol. The summed E-state index contributed by atoms with van der Waals surface area (Å²) in [7, 11) is 3.04. The first-order valence-electron chi connectivity index (χ1n) is 9.04. The monoisotopic (exact) mass is 375 g/mol. The van der Waals surface area contributed by atoms with Crippen molar-refractivity contribution in [2.45, 2.75) is 12.8 Å². The van der Waals surface area contributed by atoms with Gasteiger partial charge in [-0.2, -0.15) is 0 Å². The van der Waals surface area contributed by atoms with E-state index in [1.165, 1.54) is 7.11 Å². The molecule has 1 aliphatic rings. The fraction of sp³-hybridized carbons (Fsp3) is 0.174. The molecule has 0 saturated heterocycles. The van der Waals surface area contributed by atoms with Gasteiger partial charge in [0, 0.05) is 11.1 Å². The first kappa shape index (κ1) is 17.9. The fourth-order valence-electron chi connectivity index (χ4n) is 3.43. The maximum Gasteiger partial charge on any atom is 0.337 e. The standard InChI is InChI=1S/C23H21NO4/c1-26-21-10-6-4-8-19(21)24-15-18-7-3-5-9-20(18)28-22(24)16-11-13-17(14-12-16)23(25)27-2/h3-14,22H,15H2,1-2H3. The summed E-state index contributed by atoms with van der Waals surface area (Å²) in [4.78, 5) is 13.9.